The molecule has 1 N–H and O–H groups in total. The largest absolute Gasteiger partial charge is 0.464 e. The van der Waals surface area contributed by atoms with Crippen LogP contribution in [-0.4, -0.2) is 15.8 Å². The van der Waals surface area contributed by atoms with E-state index in [0.717, 1.165) is 44.8 Å². The van der Waals surface area contributed by atoms with Gasteiger partial charge in [0.1, 0.15) is 11.5 Å². The molecule has 1 aliphatic heterocycles. The lowest BCUT2D eigenvalue weighted by atomic mass is 9.93. The highest BCUT2D eigenvalue weighted by atomic mass is 35.5. The maximum absolute atomic E-state index is 13.6. The van der Waals surface area contributed by atoms with E-state index in [1.54, 1.807) is 6.07 Å². The second kappa shape index (κ2) is 8.08. The molecule has 34 heavy (non-hydrogen) atoms. The number of halogens is 2. The van der Waals surface area contributed by atoms with Gasteiger partial charge in [-0.05, 0) is 55.0 Å². The third-order valence-corrected chi connectivity index (χ3v) is 6.95. The molecule has 4 nitrogen and oxygen atoms in total. The SMILES string of the molecule is Cc1ccc(CN2C(=O)c3ccccc3[C@H]2c2c(-c3ccc(Cl)cc3Cl)[nH]c3ccccc23)o1. The molecule has 1 aliphatic rings. The summed E-state index contributed by atoms with van der Waals surface area (Å²) >= 11 is 12.9. The highest BCUT2D eigenvalue weighted by Crippen LogP contribution is 2.47. The van der Waals surface area contributed by atoms with E-state index in [2.05, 4.69) is 11.1 Å². The van der Waals surface area contributed by atoms with Gasteiger partial charge in [-0.3, -0.25) is 4.79 Å². The quantitative estimate of drug-likeness (QED) is 0.281. The maximum atomic E-state index is 13.6. The van der Waals surface area contributed by atoms with Crippen LogP contribution in [0.4, 0.5) is 0 Å². The van der Waals surface area contributed by atoms with Gasteiger partial charge in [0.05, 0.1) is 23.3 Å². The fraction of sp³-hybridized carbons (Fsp3) is 0.107. The number of fused-ring (bicyclic) bond motifs is 2. The van der Waals surface area contributed by atoms with Crippen LogP contribution in [0.15, 0.2) is 83.3 Å². The highest BCUT2D eigenvalue weighted by molar-refractivity contribution is 6.36. The molecule has 0 fully saturated rings. The van der Waals surface area contributed by atoms with Crippen molar-refractivity contribution in [1.29, 1.82) is 0 Å². The Morgan fingerprint density at radius 3 is 2.53 bits per heavy atom. The molecular formula is C28H20Cl2N2O2. The van der Waals surface area contributed by atoms with E-state index in [0.29, 0.717) is 22.2 Å². The van der Waals surface area contributed by atoms with Gasteiger partial charge < -0.3 is 14.3 Å². The predicted molar refractivity (Wildman–Crippen MR) is 135 cm³/mol. The van der Waals surface area contributed by atoms with Crippen molar-refractivity contribution in [3.63, 3.8) is 0 Å². The molecule has 0 saturated heterocycles. The van der Waals surface area contributed by atoms with Crippen LogP contribution in [0.2, 0.25) is 10.0 Å². The van der Waals surface area contributed by atoms with E-state index >= 15 is 0 Å². The van der Waals surface area contributed by atoms with Crippen molar-refractivity contribution in [2.75, 3.05) is 0 Å². The van der Waals surface area contributed by atoms with Crippen molar-refractivity contribution in [1.82, 2.24) is 9.88 Å². The molecule has 168 valence electrons. The standard InChI is InChI=1S/C28H20Cl2N2O2/c1-16-10-12-18(34-16)15-32-27(19-6-2-3-7-20(19)28(32)33)25-22-8-4-5-9-24(22)31-26(25)21-13-11-17(29)14-23(21)30/h2-14,27,31H,15H2,1H3/t27-/m0/s1. The van der Waals surface area contributed by atoms with Crippen LogP contribution in [0, 0.1) is 6.92 Å². The number of H-pyrrole nitrogens is 1. The van der Waals surface area contributed by atoms with Crippen molar-refractivity contribution in [3.05, 3.63) is 117 Å². The number of amides is 1. The van der Waals surface area contributed by atoms with E-state index in [-0.39, 0.29) is 11.9 Å². The average molecular weight is 487 g/mol. The summed E-state index contributed by atoms with van der Waals surface area (Å²) in [6, 6.07) is 24.9. The molecule has 0 spiro atoms. The lowest BCUT2D eigenvalue weighted by molar-refractivity contribution is 0.0723. The minimum Gasteiger partial charge on any atom is -0.464 e. The first kappa shape index (κ1) is 21.1. The molecule has 1 atom stereocenters. The summed E-state index contributed by atoms with van der Waals surface area (Å²) in [5, 5.41) is 2.16. The number of aromatic nitrogens is 1. The van der Waals surface area contributed by atoms with Crippen molar-refractivity contribution in [2.24, 2.45) is 0 Å². The zero-order valence-electron chi connectivity index (χ0n) is 18.3. The summed E-state index contributed by atoms with van der Waals surface area (Å²) in [5.74, 6) is 1.54. The Bertz CT molecular complexity index is 1570. The van der Waals surface area contributed by atoms with E-state index < -0.39 is 0 Å². The summed E-state index contributed by atoms with van der Waals surface area (Å²) in [6.07, 6.45) is 0. The van der Waals surface area contributed by atoms with Gasteiger partial charge in [-0.2, -0.15) is 0 Å². The second-order valence-electron chi connectivity index (χ2n) is 8.52. The van der Waals surface area contributed by atoms with Crippen LogP contribution in [0.25, 0.3) is 22.2 Å². The molecule has 0 radical (unpaired) electrons. The Hall–Kier alpha value is -3.47. The minimum absolute atomic E-state index is 0.0203. The fourth-order valence-electron chi connectivity index (χ4n) is 4.93. The van der Waals surface area contributed by atoms with Gasteiger partial charge in [-0.15, -0.1) is 0 Å². The van der Waals surface area contributed by atoms with E-state index in [4.69, 9.17) is 27.6 Å². The van der Waals surface area contributed by atoms with Crippen LogP contribution < -0.4 is 0 Å². The smallest absolute Gasteiger partial charge is 0.255 e. The van der Waals surface area contributed by atoms with Crippen molar-refractivity contribution in [2.45, 2.75) is 19.5 Å². The number of carbonyl (C=O) groups excluding carboxylic acids is 1. The van der Waals surface area contributed by atoms with Gasteiger partial charge in [0, 0.05) is 32.6 Å². The average Bonchev–Trinajstić information content (AvgIpc) is 3.49. The Morgan fingerprint density at radius 1 is 0.941 bits per heavy atom. The zero-order chi connectivity index (χ0) is 23.4. The summed E-state index contributed by atoms with van der Waals surface area (Å²) in [4.78, 5) is 19.1. The van der Waals surface area contributed by atoms with Gasteiger partial charge >= 0.3 is 0 Å². The first-order valence-electron chi connectivity index (χ1n) is 11.0. The first-order valence-corrected chi connectivity index (χ1v) is 11.8. The summed E-state index contributed by atoms with van der Waals surface area (Å²) in [7, 11) is 0. The Labute approximate surface area is 206 Å². The molecule has 6 rings (SSSR count). The van der Waals surface area contributed by atoms with Gasteiger partial charge in [-0.1, -0.05) is 59.6 Å². The monoisotopic (exact) mass is 486 g/mol. The number of hydrogen-bond donors (Lipinski definition) is 1. The Kier molecular flexibility index (Phi) is 5.01. The number of nitrogens with zero attached hydrogens (tertiary/aromatic N) is 1. The van der Waals surface area contributed by atoms with E-state index in [1.165, 1.54) is 0 Å². The number of aromatic amines is 1. The van der Waals surface area contributed by atoms with Crippen molar-refractivity contribution >= 4 is 40.0 Å². The van der Waals surface area contributed by atoms with Crippen molar-refractivity contribution in [3.8, 4) is 11.3 Å². The van der Waals surface area contributed by atoms with E-state index in [1.807, 2.05) is 78.6 Å². The van der Waals surface area contributed by atoms with Crippen molar-refractivity contribution < 1.29 is 9.21 Å². The number of para-hydroxylation sites is 1. The lowest BCUT2D eigenvalue weighted by Crippen LogP contribution is -2.28. The van der Waals surface area contributed by atoms with Crippen LogP contribution in [0.5, 0.6) is 0 Å². The number of nitrogens with one attached hydrogen (secondary N) is 1. The molecular weight excluding hydrogens is 467 g/mol. The van der Waals surface area contributed by atoms with Gasteiger partial charge in [0.2, 0.25) is 0 Å². The number of furan rings is 1. The summed E-state index contributed by atoms with van der Waals surface area (Å²) in [6.45, 7) is 2.27. The maximum Gasteiger partial charge on any atom is 0.255 e. The number of benzene rings is 3. The Balaban J connectivity index is 1.61. The summed E-state index contributed by atoms with van der Waals surface area (Å²) in [5.41, 5.74) is 5.35. The molecule has 0 bridgehead atoms. The van der Waals surface area contributed by atoms with Crippen LogP contribution in [0.3, 0.4) is 0 Å². The molecule has 2 aromatic heterocycles. The minimum atomic E-state index is -0.313. The lowest BCUT2D eigenvalue weighted by Gasteiger charge is -2.26. The molecule has 3 heterocycles. The predicted octanol–water partition coefficient (Wildman–Crippen LogP) is 7.79. The van der Waals surface area contributed by atoms with Crippen LogP contribution in [-0.2, 0) is 6.54 Å². The zero-order valence-corrected chi connectivity index (χ0v) is 19.8. The number of hydrogen-bond acceptors (Lipinski definition) is 2. The van der Waals surface area contributed by atoms with Crippen LogP contribution >= 0.6 is 23.2 Å². The van der Waals surface area contributed by atoms with Gasteiger partial charge in [-0.25, -0.2) is 0 Å². The topological polar surface area (TPSA) is 49.2 Å². The molecule has 0 saturated carbocycles. The summed E-state index contributed by atoms with van der Waals surface area (Å²) < 4.78 is 5.86. The second-order valence-corrected chi connectivity index (χ2v) is 9.36. The molecule has 0 aliphatic carbocycles. The number of carbonyl (C=O) groups is 1. The molecule has 3 aromatic carbocycles. The highest BCUT2D eigenvalue weighted by Gasteiger charge is 2.40. The third-order valence-electron chi connectivity index (χ3n) is 6.40. The van der Waals surface area contributed by atoms with Gasteiger partial charge in [0.25, 0.3) is 5.91 Å². The third kappa shape index (κ3) is 3.33. The first-order chi connectivity index (χ1) is 16.5. The number of rotatable bonds is 4. The Morgan fingerprint density at radius 2 is 1.74 bits per heavy atom. The molecule has 6 heteroatoms. The number of aryl methyl sites for hydroxylation is 1. The molecule has 1 amide bonds. The normalized spacial score (nSPS) is 15.3. The van der Waals surface area contributed by atoms with E-state index in [9.17, 15) is 4.79 Å². The fourth-order valence-corrected chi connectivity index (χ4v) is 5.44. The van der Waals surface area contributed by atoms with Gasteiger partial charge in [0.15, 0.2) is 0 Å². The molecule has 5 aromatic rings. The van der Waals surface area contributed by atoms with Crippen LogP contribution in [0.1, 0.15) is 39.0 Å². The molecule has 0 unspecified atom stereocenters.